The summed E-state index contributed by atoms with van der Waals surface area (Å²) in [7, 11) is 0. The maximum Gasteiger partial charge on any atom is 0.246 e. The quantitative estimate of drug-likeness (QED) is 0.312. The minimum absolute atomic E-state index is 0.0472. The van der Waals surface area contributed by atoms with Crippen LogP contribution in [0.2, 0.25) is 0 Å². The van der Waals surface area contributed by atoms with E-state index in [1.807, 2.05) is 65.6 Å². The normalized spacial score (nSPS) is 14.1. The largest absolute Gasteiger partial charge is 0.489 e. The van der Waals surface area contributed by atoms with E-state index < -0.39 is 0 Å². The van der Waals surface area contributed by atoms with Gasteiger partial charge < -0.3 is 14.5 Å². The number of amides is 1. The van der Waals surface area contributed by atoms with Crippen molar-refractivity contribution in [3.8, 4) is 5.75 Å². The Kier molecular flexibility index (Phi) is 7.09. The molecular weight excluding hydrogens is 454 g/mol. The van der Waals surface area contributed by atoms with E-state index in [4.69, 9.17) is 9.72 Å². The number of aromatic nitrogens is 1. The van der Waals surface area contributed by atoms with Crippen molar-refractivity contribution in [3.05, 3.63) is 95.6 Å². The lowest BCUT2D eigenvalue weighted by Crippen LogP contribution is -2.48. The zero-order chi connectivity index (χ0) is 24.0. The molecule has 178 valence electrons. The van der Waals surface area contributed by atoms with Crippen molar-refractivity contribution in [3.63, 3.8) is 0 Å². The number of rotatable bonds is 7. The number of anilines is 1. The summed E-state index contributed by atoms with van der Waals surface area (Å²) in [4.78, 5) is 21.7. The Bertz CT molecular complexity index is 1310. The van der Waals surface area contributed by atoms with Gasteiger partial charge >= 0.3 is 0 Å². The van der Waals surface area contributed by atoms with Gasteiger partial charge in [-0.25, -0.2) is 4.98 Å². The van der Waals surface area contributed by atoms with Crippen LogP contribution in [0.15, 0.2) is 78.9 Å². The number of nitrogens with zero attached hydrogens (tertiary/aromatic N) is 3. The topological polar surface area (TPSA) is 45.7 Å². The number of aryl methyl sites for hydroxylation is 1. The van der Waals surface area contributed by atoms with Gasteiger partial charge in [0.2, 0.25) is 5.91 Å². The number of hydrogen-bond acceptors (Lipinski definition) is 5. The third-order valence-corrected chi connectivity index (χ3v) is 7.34. The number of benzene rings is 3. The second-order valence-corrected chi connectivity index (χ2v) is 9.65. The number of ether oxygens (including phenoxy) is 1. The van der Waals surface area contributed by atoms with E-state index in [9.17, 15) is 4.79 Å². The highest BCUT2D eigenvalue weighted by atomic mass is 32.1. The maximum absolute atomic E-state index is 12.7. The summed E-state index contributed by atoms with van der Waals surface area (Å²) in [6, 6.07) is 24.4. The minimum Gasteiger partial charge on any atom is -0.489 e. The average Bonchev–Trinajstić information content (AvgIpc) is 3.35. The summed E-state index contributed by atoms with van der Waals surface area (Å²) in [5, 5.41) is 1.05. The number of carbonyl (C=O) groups is 1. The van der Waals surface area contributed by atoms with Crippen molar-refractivity contribution in [1.29, 1.82) is 0 Å². The van der Waals surface area contributed by atoms with E-state index in [-0.39, 0.29) is 5.91 Å². The molecule has 0 aliphatic carbocycles. The molecule has 1 aromatic heterocycles. The van der Waals surface area contributed by atoms with Crippen molar-refractivity contribution in [1.82, 2.24) is 9.88 Å². The number of carbonyl (C=O) groups excluding carboxylic acids is 1. The fourth-order valence-electron chi connectivity index (χ4n) is 4.12. The molecule has 1 aliphatic heterocycles. The second-order valence-electron chi connectivity index (χ2n) is 8.64. The van der Waals surface area contributed by atoms with Crippen molar-refractivity contribution in [2.75, 3.05) is 31.1 Å². The zero-order valence-corrected chi connectivity index (χ0v) is 20.7. The summed E-state index contributed by atoms with van der Waals surface area (Å²) < 4.78 is 7.07. The second kappa shape index (κ2) is 10.7. The van der Waals surface area contributed by atoms with E-state index >= 15 is 0 Å². The highest BCUT2D eigenvalue weighted by Crippen LogP contribution is 2.30. The smallest absolute Gasteiger partial charge is 0.246 e. The first-order valence-electron chi connectivity index (χ1n) is 12.1. The molecule has 0 spiro atoms. The Morgan fingerprint density at radius 3 is 2.49 bits per heavy atom. The van der Waals surface area contributed by atoms with Crippen LogP contribution in [0, 0.1) is 0 Å². The molecule has 2 heterocycles. The fourth-order valence-corrected chi connectivity index (χ4v) is 5.20. The first-order chi connectivity index (χ1) is 17.2. The number of hydrogen-bond donors (Lipinski definition) is 0. The molecule has 0 radical (unpaired) electrons. The predicted octanol–water partition coefficient (Wildman–Crippen LogP) is 5.80. The average molecular weight is 484 g/mol. The molecule has 0 N–H and O–H groups in total. The highest BCUT2D eigenvalue weighted by Gasteiger charge is 2.22. The van der Waals surface area contributed by atoms with E-state index in [0.717, 1.165) is 47.0 Å². The lowest BCUT2D eigenvalue weighted by molar-refractivity contribution is -0.126. The molecule has 5 rings (SSSR count). The first kappa shape index (κ1) is 23.1. The van der Waals surface area contributed by atoms with Gasteiger partial charge in [-0.15, -0.1) is 0 Å². The molecule has 35 heavy (non-hydrogen) atoms. The zero-order valence-electron chi connectivity index (χ0n) is 19.9. The van der Waals surface area contributed by atoms with Crippen LogP contribution in [-0.2, 0) is 17.8 Å². The molecule has 0 unspecified atom stereocenters. The molecule has 1 fully saturated rings. The molecule has 0 bridgehead atoms. The number of fused-ring (bicyclic) bond motifs is 1. The molecule has 3 aromatic carbocycles. The van der Waals surface area contributed by atoms with Crippen molar-refractivity contribution in [2.24, 2.45) is 0 Å². The van der Waals surface area contributed by atoms with Crippen LogP contribution in [0.4, 0.5) is 5.13 Å². The minimum atomic E-state index is 0.0472. The lowest BCUT2D eigenvalue weighted by Gasteiger charge is -2.34. The Hall–Kier alpha value is -3.64. The molecule has 1 aliphatic rings. The van der Waals surface area contributed by atoms with Gasteiger partial charge in [0.05, 0.1) is 10.2 Å². The first-order valence-corrected chi connectivity index (χ1v) is 12.9. The van der Waals surface area contributed by atoms with Crippen LogP contribution in [0.1, 0.15) is 23.6 Å². The van der Waals surface area contributed by atoms with Crippen LogP contribution in [-0.4, -0.2) is 42.0 Å². The Balaban J connectivity index is 1.12. The SMILES string of the molecule is CCc1ccc2nc(N3CCN(C(=O)/C=C/c4ccc(OCc5ccccc5)cc4)CC3)sc2c1. The molecule has 5 nitrogen and oxygen atoms in total. The van der Waals surface area contributed by atoms with Crippen LogP contribution < -0.4 is 9.64 Å². The third kappa shape index (κ3) is 5.72. The van der Waals surface area contributed by atoms with Crippen LogP contribution in [0.25, 0.3) is 16.3 Å². The van der Waals surface area contributed by atoms with E-state index in [2.05, 4.69) is 30.0 Å². The van der Waals surface area contributed by atoms with Gasteiger partial charge in [-0.2, -0.15) is 0 Å². The van der Waals surface area contributed by atoms with Crippen LogP contribution in [0.5, 0.6) is 5.75 Å². The van der Waals surface area contributed by atoms with Gasteiger partial charge in [-0.1, -0.05) is 66.8 Å². The van der Waals surface area contributed by atoms with E-state index in [1.165, 1.54) is 10.3 Å². The van der Waals surface area contributed by atoms with Gasteiger partial charge in [-0.05, 0) is 53.5 Å². The maximum atomic E-state index is 12.7. The van der Waals surface area contributed by atoms with Gasteiger partial charge in [-0.3, -0.25) is 4.79 Å². The van der Waals surface area contributed by atoms with Gasteiger partial charge in [0.25, 0.3) is 0 Å². The van der Waals surface area contributed by atoms with Gasteiger partial charge in [0.15, 0.2) is 5.13 Å². The van der Waals surface area contributed by atoms with Crippen LogP contribution in [0.3, 0.4) is 0 Å². The Labute approximate surface area is 210 Å². The highest BCUT2D eigenvalue weighted by molar-refractivity contribution is 7.22. The molecule has 0 atom stereocenters. The monoisotopic (exact) mass is 483 g/mol. The van der Waals surface area contributed by atoms with E-state index in [1.54, 1.807) is 17.4 Å². The van der Waals surface area contributed by atoms with E-state index in [0.29, 0.717) is 19.7 Å². The van der Waals surface area contributed by atoms with Crippen molar-refractivity contribution >= 4 is 38.7 Å². The van der Waals surface area contributed by atoms with Crippen molar-refractivity contribution in [2.45, 2.75) is 20.0 Å². The molecule has 6 heteroatoms. The predicted molar refractivity (Wildman–Crippen MR) is 144 cm³/mol. The summed E-state index contributed by atoms with van der Waals surface area (Å²) in [6.45, 7) is 5.71. The summed E-state index contributed by atoms with van der Waals surface area (Å²) in [5.41, 5.74) is 4.50. The fraction of sp³-hybridized carbons (Fsp3) is 0.241. The number of thiazole rings is 1. The van der Waals surface area contributed by atoms with Crippen molar-refractivity contribution < 1.29 is 9.53 Å². The Morgan fingerprint density at radius 1 is 0.971 bits per heavy atom. The summed E-state index contributed by atoms with van der Waals surface area (Å²) in [5.74, 6) is 0.861. The molecule has 1 amide bonds. The van der Waals surface area contributed by atoms with Crippen LogP contribution >= 0.6 is 11.3 Å². The summed E-state index contributed by atoms with van der Waals surface area (Å²) >= 11 is 1.74. The summed E-state index contributed by atoms with van der Waals surface area (Å²) in [6.07, 6.45) is 4.57. The van der Waals surface area contributed by atoms with Gasteiger partial charge in [0.1, 0.15) is 12.4 Å². The Morgan fingerprint density at radius 2 is 1.74 bits per heavy atom. The molecule has 1 saturated heterocycles. The third-order valence-electron chi connectivity index (χ3n) is 6.26. The molecule has 0 saturated carbocycles. The van der Waals surface area contributed by atoms with Gasteiger partial charge in [0, 0.05) is 32.3 Å². The molecule has 4 aromatic rings. The lowest BCUT2D eigenvalue weighted by atomic mass is 10.2. The standard InChI is InChI=1S/C29H29N3O2S/c1-2-22-10-14-26-27(20-22)35-29(30-26)32-18-16-31(17-19-32)28(33)15-11-23-8-12-25(13-9-23)34-21-24-6-4-3-5-7-24/h3-15,20H,2,16-19,21H2,1H3/b15-11+. The number of piperazine rings is 1. The molecular formula is C29H29N3O2S.